The molecule has 2 aromatic rings. The van der Waals surface area contributed by atoms with Gasteiger partial charge in [0.1, 0.15) is 0 Å². The van der Waals surface area contributed by atoms with Gasteiger partial charge in [0.15, 0.2) is 0 Å². The van der Waals surface area contributed by atoms with Gasteiger partial charge in [0.25, 0.3) is 0 Å². The first-order valence-corrected chi connectivity index (χ1v) is 6.16. The number of hydrogen-bond donors (Lipinski definition) is 2. The summed E-state index contributed by atoms with van der Waals surface area (Å²) < 4.78 is 0. The minimum atomic E-state index is -0.734. The van der Waals surface area contributed by atoms with Crippen LogP contribution in [-0.2, 0) is 11.3 Å². The van der Waals surface area contributed by atoms with Crippen molar-refractivity contribution in [3.8, 4) is 0 Å². The number of carboxylic acids is 1. The highest BCUT2D eigenvalue weighted by molar-refractivity contribution is 5.82. The SMILES string of the molecule is O=C(O)CCCNCc1ccc2ccccc2c1. The second kappa shape index (κ2) is 6.17. The lowest BCUT2D eigenvalue weighted by molar-refractivity contribution is -0.137. The maximum Gasteiger partial charge on any atom is 0.303 e. The van der Waals surface area contributed by atoms with Gasteiger partial charge in [-0.05, 0) is 35.4 Å². The summed E-state index contributed by atoms with van der Waals surface area (Å²) in [5.41, 5.74) is 1.23. The third-order valence-corrected chi connectivity index (χ3v) is 2.89. The van der Waals surface area contributed by atoms with Crippen LogP contribution in [0.25, 0.3) is 10.8 Å². The maximum atomic E-state index is 10.4. The molecule has 0 saturated heterocycles. The van der Waals surface area contributed by atoms with E-state index in [1.807, 2.05) is 12.1 Å². The van der Waals surface area contributed by atoms with Crippen molar-refractivity contribution in [1.29, 1.82) is 0 Å². The van der Waals surface area contributed by atoms with Gasteiger partial charge in [0.2, 0.25) is 0 Å². The standard InChI is InChI=1S/C15H17NO2/c17-15(18)6-3-9-16-11-12-7-8-13-4-1-2-5-14(13)10-12/h1-2,4-5,7-8,10,16H,3,6,9,11H2,(H,17,18). The fraction of sp³-hybridized carbons (Fsp3) is 0.267. The van der Waals surface area contributed by atoms with E-state index in [4.69, 9.17) is 5.11 Å². The van der Waals surface area contributed by atoms with Gasteiger partial charge in [-0.25, -0.2) is 0 Å². The summed E-state index contributed by atoms with van der Waals surface area (Å²) >= 11 is 0. The van der Waals surface area contributed by atoms with Gasteiger partial charge in [-0.1, -0.05) is 36.4 Å². The Morgan fingerprint density at radius 2 is 1.89 bits per heavy atom. The first-order valence-electron chi connectivity index (χ1n) is 6.16. The third kappa shape index (κ3) is 3.57. The number of nitrogens with one attached hydrogen (secondary N) is 1. The van der Waals surface area contributed by atoms with E-state index in [9.17, 15) is 4.79 Å². The molecular formula is C15H17NO2. The van der Waals surface area contributed by atoms with Crippen LogP contribution in [0.3, 0.4) is 0 Å². The molecule has 0 radical (unpaired) electrons. The van der Waals surface area contributed by atoms with E-state index in [2.05, 4.69) is 35.6 Å². The molecule has 0 saturated carbocycles. The molecule has 94 valence electrons. The summed E-state index contributed by atoms with van der Waals surface area (Å²) in [5.74, 6) is -0.734. The van der Waals surface area contributed by atoms with E-state index in [0.717, 1.165) is 13.1 Å². The predicted molar refractivity (Wildman–Crippen MR) is 72.5 cm³/mol. The van der Waals surface area contributed by atoms with Crippen LogP contribution >= 0.6 is 0 Å². The monoisotopic (exact) mass is 243 g/mol. The Labute approximate surface area is 106 Å². The van der Waals surface area contributed by atoms with Gasteiger partial charge in [0.05, 0.1) is 0 Å². The van der Waals surface area contributed by atoms with Crippen molar-refractivity contribution in [3.63, 3.8) is 0 Å². The molecule has 18 heavy (non-hydrogen) atoms. The molecule has 0 spiro atoms. The molecule has 0 bridgehead atoms. The minimum absolute atomic E-state index is 0.227. The van der Waals surface area contributed by atoms with Crippen molar-refractivity contribution in [2.45, 2.75) is 19.4 Å². The van der Waals surface area contributed by atoms with Gasteiger partial charge >= 0.3 is 5.97 Å². The smallest absolute Gasteiger partial charge is 0.303 e. The van der Waals surface area contributed by atoms with E-state index in [-0.39, 0.29) is 6.42 Å². The van der Waals surface area contributed by atoms with Crippen LogP contribution < -0.4 is 5.32 Å². The van der Waals surface area contributed by atoms with Gasteiger partial charge in [0, 0.05) is 13.0 Å². The molecule has 0 aromatic heterocycles. The Morgan fingerprint density at radius 3 is 2.67 bits per heavy atom. The first-order chi connectivity index (χ1) is 8.75. The summed E-state index contributed by atoms with van der Waals surface area (Å²) in [6, 6.07) is 14.6. The second-order valence-corrected chi connectivity index (χ2v) is 4.36. The van der Waals surface area contributed by atoms with Crippen LogP contribution in [0.1, 0.15) is 18.4 Å². The zero-order valence-electron chi connectivity index (χ0n) is 10.2. The second-order valence-electron chi connectivity index (χ2n) is 4.36. The Morgan fingerprint density at radius 1 is 1.11 bits per heavy atom. The van der Waals surface area contributed by atoms with Crippen molar-refractivity contribution in [1.82, 2.24) is 5.32 Å². The number of fused-ring (bicyclic) bond motifs is 1. The van der Waals surface area contributed by atoms with E-state index in [1.54, 1.807) is 0 Å². The topological polar surface area (TPSA) is 49.3 Å². The number of benzene rings is 2. The van der Waals surface area contributed by atoms with Crippen LogP contribution in [0.5, 0.6) is 0 Å². The fourth-order valence-corrected chi connectivity index (χ4v) is 1.95. The predicted octanol–water partition coefficient (Wildman–Crippen LogP) is 2.79. The summed E-state index contributed by atoms with van der Waals surface area (Å²) in [6.07, 6.45) is 0.896. The lowest BCUT2D eigenvalue weighted by atomic mass is 10.1. The van der Waals surface area contributed by atoms with E-state index >= 15 is 0 Å². The van der Waals surface area contributed by atoms with Gasteiger partial charge in [-0.2, -0.15) is 0 Å². The number of hydrogen-bond acceptors (Lipinski definition) is 2. The number of rotatable bonds is 6. The average Bonchev–Trinajstić information content (AvgIpc) is 2.38. The highest BCUT2D eigenvalue weighted by Crippen LogP contribution is 2.15. The quantitative estimate of drug-likeness (QED) is 0.767. The zero-order valence-corrected chi connectivity index (χ0v) is 10.2. The van der Waals surface area contributed by atoms with E-state index in [0.29, 0.717) is 6.42 Å². The molecular weight excluding hydrogens is 226 g/mol. The highest BCUT2D eigenvalue weighted by Gasteiger charge is 1.98. The Hall–Kier alpha value is -1.87. The van der Waals surface area contributed by atoms with Crippen LogP contribution in [0.2, 0.25) is 0 Å². The minimum Gasteiger partial charge on any atom is -0.481 e. The van der Waals surface area contributed by atoms with Crippen molar-refractivity contribution in [3.05, 3.63) is 48.0 Å². The first kappa shape index (κ1) is 12.6. The lowest BCUT2D eigenvalue weighted by Crippen LogP contribution is -2.15. The summed E-state index contributed by atoms with van der Waals surface area (Å²) in [4.78, 5) is 10.4. The van der Waals surface area contributed by atoms with Crippen LogP contribution in [0.15, 0.2) is 42.5 Å². The van der Waals surface area contributed by atoms with E-state index < -0.39 is 5.97 Å². The Balaban J connectivity index is 1.86. The van der Waals surface area contributed by atoms with Crippen molar-refractivity contribution in [2.24, 2.45) is 0 Å². The molecule has 0 aliphatic rings. The largest absolute Gasteiger partial charge is 0.481 e. The third-order valence-electron chi connectivity index (χ3n) is 2.89. The number of carbonyl (C=O) groups is 1. The Kier molecular flexibility index (Phi) is 4.31. The lowest BCUT2D eigenvalue weighted by Gasteiger charge is -2.05. The molecule has 0 aliphatic carbocycles. The van der Waals surface area contributed by atoms with Crippen LogP contribution in [0.4, 0.5) is 0 Å². The zero-order chi connectivity index (χ0) is 12.8. The van der Waals surface area contributed by atoms with Crippen molar-refractivity contribution >= 4 is 16.7 Å². The Bertz CT molecular complexity index is 537. The molecule has 2 N–H and O–H groups in total. The summed E-state index contributed by atoms with van der Waals surface area (Å²) in [6.45, 7) is 1.52. The molecule has 0 atom stereocenters. The summed E-state index contributed by atoms with van der Waals surface area (Å²) in [7, 11) is 0. The molecule has 0 unspecified atom stereocenters. The molecule has 0 heterocycles. The van der Waals surface area contributed by atoms with Crippen molar-refractivity contribution < 1.29 is 9.90 Å². The van der Waals surface area contributed by atoms with E-state index in [1.165, 1.54) is 16.3 Å². The number of aliphatic carboxylic acids is 1. The highest BCUT2D eigenvalue weighted by atomic mass is 16.4. The average molecular weight is 243 g/mol. The molecule has 3 nitrogen and oxygen atoms in total. The molecule has 2 rings (SSSR count). The maximum absolute atomic E-state index is 10.4. The molecule has 3 heteroatoms. The number of carboxylic acid groups (broad SMARTS) is 1. The fourth-order valence-electron chi connectivity index (χ4n) is 1.95. The normalized spacial score (nSPS) is 10.7. The van der Waals surface area contributed by atoms with Crippen LogP contribution in [-0.4, -0.2) is 17.6 Å². The molecule has 0 fully saturated rings. The molecule has 0 amide bonds. The molecule has 0 aliphatic heterocycles. The molecule has 2 aromatic carbocycles. The summed E-state index contributed by atoms with van der Waals surface area (Å²) in [5, 5.41) is 14.3. The van der Waals surface area contributed by atoms with Crippen molar-refractivity contribution in [2.75, 3.05) is 6.54 Å². The van der Waals surface area contributed by atoms with Gasteiger partial charge in [-0.3, -0.25) is 4.79 Å². The van der Waals surface area contributed by atoms with Gasteiger partial charge < -0.3 is 10.4 Å². The van der Waals surface area contributed by atoms with Gasteiger partial charge in [-0.15, -0.1) is 0 Å². The van der Waals surface area contributed by atoms with Crippen LogP contribution in [0, 0.1) is 0 Å².